The minimum atomic E-state index is -0.213. The van der Waals surface area contributed by atoms with E-state index in [1.807, 2.05) is 12.1 Å². The number of aromatic nitrogens is 3. The molecule has 124 valence electrons. The van der Waals surface area contributed by atoms with Gasteiger partial charge in [0.15, 0.2) is 0 Å². The highest BCUT2D eigenvalue weighted by Gasteiger charge is 2.11. The lowest BCUT2D eigenvalue weighted by molar-refractivity contribution is 0.0951. The standard InChI is InChI=1S/C17H18N4O3/c1-24-8-7-21-15-5-4-13(9-14(15)20-17(21)23)16(22)19-11-12-3-2-6-18-10-12/h2-6,9-10H,7-8,11H2,1H3,(H,19,22)(H,20,23). The number of methoxy groups -OCH3 is 1. The van der Waals surface area contributed by atoms with Gasteiger partial charge in [0.25, 0.3) is 5.91 Å². The van der Waals surface area contributed by atoms with E-state index in [1.54, 1.807) is 42.3 Å². The van der Waals surface area contributed by atoms with Gasteiger partial charge < -0.3 is 15.0 Å². The molecule has 0 aliphatic carbocycles. The number of hydrogen-bond acceptors (Lipinski definition) is 4. The Morgan fingerprint density at radius 2 is 2.25 bits per heavy atom. The fourth-order valence-electron chi connectivity index (χ4n) is 2.50. The average Bonchev–Trinajstić information content (AvgIpc) is 2.93. The third-order valence-corrected chi connectivity index (χ3v) is 3.73. The van der Waals surface area contributed by atoms with Crippen LogP contribution in [0.15, 0.2) is 47.5 Å². The number of imidazole rings is 1. The molecular formula is C17H18N4O3. The van der Waals surface area contributed by atoms with Crippen LogP contribution in [0.1, 0.15) is 15.9 Å². The van der Waals surface area contributed by atoms with Crippen LogP contribution in [-0.4, -0.2) is 34.2 Å². The monoisotopic (exact) mass is 326 g/mol. The molecule has 0 bridgehead atoms. The maximum atomic E-state index is 12.3. The molecule has 0 aliphatic heterocycles. The van der Waals surface area contributed by atoms with Gasteiger partial charge in [0.2, 0.25) is 0 Å². The first-order chi connectivity index (χ1) is 11.7. The highest BCUT2D eigenvalue weighted by Crippen LogP contribution is 2.13. The fraction of sp³-hybridized carbons (Fsp3) is 0.235. The van der Waals surface area contributed by atoms with Crippen molar-refractivity contribution in [3.8, 4) is 0 Å². The van der Waals surface area contributed by atoms with E-state index in [-0.39, 0.29) is 11.6 Å². The second-order valence-electron chi connectivity index (χ2n) is 5.35. The van der Waals surface area contributed by atoms with Crippen molar-refractivity contribution in [2.45, 2.75) is 13.1 Å². The second-order valence-corrected chi connectivity index (χ2v) is 5.35. The van der Waals surface area contributed by atoms with Gasteiger partial charge in [-0.2, -0.15) is 0 Å². The van der Waals surface area contributed by atoms with E-state index < -0.39 is 0 Å². The Balaban J connectivity index is 1.78. The van der Waals surface area contributed by atoms with Crippen LogP contribution in [0, 0.1) is 0 Å². The first-order valence-corrected chi connectivity index (χ1v) is 7.57. The smallest absolute Gasteiger partial charge is 0.326 e. The van der Waals surface area contributed by atoms with Gasteiger partial charge in [-0.05, 0) is 29.8 Å². The van der Waals surface area contributed by atoms with Gasteiger partial charge in [0.05, 0.1) is 24.2 Å². The molecule has 2 N–H and O–H groups in total. The third kappa shape index (κ3) is 3.36. The summed E-state index contributed by atoms with van der Waals surface area (Å²) in [6.07, 6.45) is 3.39. The Morgan fingerprint density at radius 1 is 1.38 bits per heavy atom. The quantitative estimate of drug-likeness (QED) is 0.714. The maximum Gasteiger partial charge on any atom is 0.326 e. The molecule has 0 aliphatic rings. The Hall–Kier alpha value is -2.93. The summed E-state index contributed by atoms with van der Waals surface area (Å²) in [4.78, 5) is 31.0. The zero-order valence-electron chi connectivity index (χ0n) is 13.3. The van der Waals surface area contributed by atoms with E-state index in [0.717, 1.165) is 11.1 Å². The number of carbonyl (C=O) groups is 1. The summed E-state index contributed by atoms with van der Waals surface area (Å²) in [7, 11) is 1.59. The first kappa shape index (κ1) is 15.9. The van der Waals surface area contributed by atoms with Crippen LogP contribution in [0.25, 0.3) is 11.0 Å². The van der Waals surface area contributed by atoms with E-state index in [1.165, 1.54) is 0 Å². The lowest BCUT2D eigenvalue weighted by atomic mass is 10.2. The van der Waals surface area contributed by atoms with Crippen LogP contribution in [-0.2, 0) is 17.8 Å². The zero-order valence-corrected chi connectivity index (χ0v) is 13.3. The van der Waals surface area contributed by atoms with Crippen molar-refractivity contribution in [2.75, 3.05) is 13.7 Å². The Labute approximate surface area is 138 Å². The van der Waals surface area contributed by atoms with Gasteiger partial charge in [0.1, 0.15) is 0 Å². The lowest BCUT2D eigenvalue weighted by Crippen LogP contribution is -2.22. The Kier molecular flexibility index (Phi) is 4.72. The minimum absolute atomic E-state index is 0.203. The number of ether oxygens (including phenoxy) is 1. The maximum absolute atomic E-state index is 12.3. The van der Waals surface area contributed by atoms with Crippen LogP contribution in [0.2, 0.25) is 0 Å². The molecule has 1 aromatic carbocycles. The predicted octanol–water partition coefficient (Wildman–Crippen LogP) is 1.30. The van der Waals surface area contributed by atoms with E-state index in [0.29, 0.717) is 30.8 Å². The molecule has 0 radical (unpaired) electrons. The minimum Gasteiger partial charge on any atom is -0.383 e. The number of fused-ring (bicyclic) bond motifs is 1. The van der Waals surface area contributed by atoms with Gasteiger partial charge in [-0.1, -0.05) is 6.07 Å². The molecule has 0 saturated carbocycles. The van der Waals surface area contributed by atoms with E-state index >= 15 is 0 Å². The SMILES string of the molecule is COCCn1c(=O)[nH]c2cc(C(=O)NCc3cccnc3)ccc21. The molecule has 2 heterocycles. The Morgan fingerprint density at radius 3 is 3.00 bits per heavy atom. The number of nitrogens with zero attached hydrogens (tertiary/aromatic N) is 2. The van der Waals surface area contributed by atoms with Crippen molar-refractivity contribution >= 4 is 16.9 Å². The topological polar surface area (TPSA) is 89.0 Å². The molecule has 7 heteroatoms. The van der Waals surface area contributed by atoms with Crippen LogP contribution in [0.4, 0.5) is 0 Å². The normalized spacial score (nSPS) is 10.9. The highest BCUT2D eigenvalue weighted by molar-refractivity contribution is 5.97. The molecule has 0 fully saturated rings. The average molecular weight is 326 g/mol. The summed E-state index contributed by atoms with van der Waals surface area (Å²) in [5.74, 6) is -0.203. The summed E-state index contributed by atoms with van der Waals surface area (Å²) < 4.78 is 6.61. The van der Waals surface area contributed by atoms with Crippen molar-refractivity contribution in [1.29, 1.82) is 0 Å². The number of rotatable bonds is 6. The summed E-state index contributed by atoms with van der Waals surface area (Å²) in [5.41, 5.74) is 2.58. The van der Waals surface area contributed by atoms with E-state index in [4.69, 9.17) is 4.74 Å². The zero-order chi connectivity index (χ0) is 16.9. The largest absolute Gasteiger partial charge is 0.383 e. The fourth-order valence-corrected chi connectivity index (χ4v) is 2.50. The van der Waals surface area contributed by atoms with Crippen molar-refractivity contribution in [2.24, 2.45) is 0 Å². The number of benzene rings is 1. The number of carbonyl (C=O) groups excluding carboxylic acids is 1. The lowest BCUT2D eigenvalue weighted by Gasteiger charge is -2.06. The molecule has 1 amide bonds. The van der Waals surface area contributed by atoms with Gasteiger partial charge in [0, 0.05) is 31.6 Å². The number of nitrogens with one attached hydrogen (secondary N) is 2. The van der Waals surface area contributed by atoms with E-state index in [2.05, 4.69) is 15.3 Å². The predicted molar refractivity (Wildman–Crippen MR) is 89.8 cm³/mol. The number of amides is 1. The molecule has 0 saturated heterocycles. The molecule has 3 rings (SSSR count). The van der Waals surface area contributed by atoms with Crippen LogP contribution in [0.3, 0.4) is 0 Å². The summed E-state index contributed by atoms with van der Waals surface area (Å²) >= 11 is 0. The van der Waals surface area contributed by atoms with Crippen molar-refractivity contribution in [1.82, 2.24) is 19.9 Å². The van der Waals surface area contributed by atoms with E-state index in [9.17, 15) is 9.59 Å². The molecule has 3 aromatic rings. The van der Waals surface area contributed by atoms with Crippen molar-refractivity contribution in [3.63, 3.8) is 0 Å². The first-order valence-electron chi connectivity index (χ1n) is 7.57. The third-order valence-electron chi connectivity index (χ3n) is 3.73. The molecule has 7 nitrogen and oxygen atoms in total. The number of H-pyrrole nitrogens is 1. The molecule has 24 heavy (non-hydrogen) atoms. The number of aromatic amines is 1. The van der Waals surface area contributed by atoms with Gasteiger partial charge in [-0.15, -0.1) is 0 Å². The van der Waals surface area contributed by atoms with Gasteiger partial charge in [-0.3, -0.25) is 14.3 Å². The highest BCUT2D eigenvalue weighted by atomic mass is 16.5. The van der Waals surface area contributed by atoms with Gasteiger partial charge in [-0.25, -0.2) is 4.79 Å². The second kappa shape index (κ2) is 7.10. The number of hydrogen-bond donors (Lipinski definition) is 2. The van der Waals surface area contributed by atoms with Crippen molar-refractivity contribution < 1.29 is 9.53 Å². The van der Waals surface area contributed by atoms with Crippen molar-refractivity contribution in [3.05, 3.63) is 64.3 Å². The summed E-state index contributed by atoms with van der Waals surface area (Å²) in [5, 5.41) is 2.84. The van der Waals surface area contributed by atoms with Crippen LogP contribution < -0.4 is 11.0 Å². The van der Waals surface area contributed by atoms with Crippen LogP contribution >= 0.6 is 0 Å². The Bertz CT molecular complexity index is 899. The van der Waals surface area contributed by atoms with Crippen LogP contribution in [0.5, 0.6) is 0 Å². The molecular weight excluding hydrogens is 308 g/mol. The molecule has 0 unspecified atom stereocenters. The van der Waals surface area contributed by atoms with Gasteiger partial charge >= 0.3 is 5.69 Å². The molecule has 2 aromatic heterocycles. The number of pyridine rings is 1. The molecule has 0 atom stereocenters. The summed E-state index contributed by atoms with van der Waals surface area (Å²) in [6, 6.07) is 8.86. The summed E-state index contributed by atoms with van der Waals surface area (Å²) in [6.45, 7) is 1.30. The molecule has 0 spiro atoms.